The zero-order valence-electron chi connectivity index (χ0n) is 10.5. The van der Waals surface area contributed by atoms with Crippen LogP contribution in [0.25, 0.3) is 0 Å². The average molecular weight is 248 g/mol. The molecule has 4 heteroatoms. The summed E-state index contributed by atoms with van der Waals surface area (Å²) in [5.41, 5.74) is 0.843. The molecule has 1 unspecified atom stereocenters. The topological polar surface area (TPSA) is 61.4 Å². The van der Waals surface area contributed by atoms with Crippen molar-refractivity contribution in [1.82, 2.24) is 10.6 Å². The lowest BCUT2D eigenvalue weighted by Crippen LogP contribution is -2.27. The predicted molar refractivity (Wildman–Crippen MR) is 70.4 cm³/mol. The Morgan fingerprint density at radius 1 is 1.50 bits per heavy atom. The van der Waals surface area contributed by atoms with E-state index in [1.807, 2.05) is 6.07 Å². The first-order valence-corrected chi connectivity index (χ1v) is 6.49. The second-order valence-electron chi connectivity index (χ2n) is 4.84. The number of hydrogen-bond donors (Lipinski definition) is 3. The standard InChI is InChI=1S/C14H20N2O2/c17-13-3-1-2-12(8-13)9-14(18)16-7-5-11-4-6-15-10-11/h1-3,8,11,15,17H,4-7,9-10H2,(H,16,18). The number of rotatable bonds is 5. The summed E-state index contributed by atoms with van der Waals surface area (Å²) in [6.45, 7) is 2.91. The number of amides is 1. The summed E-state index contributed by atoms with van der Waals surface area (Å²) >= 11 is 0. The van der Waals surface area contributed by atoms with E-state index in [1.165, 1.54) is 6.42 Å². The van der Waals surface area contributed by atoms with Gasteiger partial charge in [-0.3, -0.25) is 4.79 Å². The van der Waals surface area contributed by atoms with Gasteiger partial charge in [0, 0.05) is 6.54 Å². The fraction of sp³-hybridized carbons (Fsp3) is 0.500. The van der Waals surface area contributed by atoms with Gasteiger partial charge in [0.15, 0.2) is 0 Å². The van der Waals surface area contributed by atoms with Gasteiger partial charge in [0.25, 0.3) is 0 Å². The molecular formula is C14H20N2O2. The highest BCUT2D eigenvalue weighted by Gasteiger charge is 2.14. The smallest absolute Gasteiger partial charge is 0.224 e. The SMILES string of the molecule is O=C(Cc1cccc(O)c1)NCCC1CCNC1. The highest BCUT2D eigenvalue weighted by Crippen LogP contribution is 2.12. The average Bonchev–Trinajstić information content (AvgIpc) is 2.82. The molecule has 0 spiro atoms. The van der Waals surface area contributed by atoms with Crippen LogP contribution in [0.1, 0.15) is 18.4 Å². The third-order valence-electron chi connectivity index (χ3n) is 3.31. The molecule has 0 saturated carbocycles. The first-order chi connectivity index (χ1) is 8.74. The Kier molecular flexibility index (Phi) is 4.59. The van der Waals surface area contributed by atoms with E-state index in [2.05, 4.69) is 10.6 Å². The lowest BCUT2D eigenvalue weighted by Gasteiger charge is -2.09. The van der Waals surface area contributed by atoms with Crippen molar-refractivity contribution in [2.45, 2.75) is 19.3 Å². The van der Waals surface area contributed by atoms with E-state index in [4.69, 9.17) is 0 Å². The number of phenols is 1. The number of carbonyl (C=O) groups excluding carboxylic acids is 1. The molecule has 0 aromatic heterocycles. The van der Waals surface area contributed by atoms with E-state index in [0.29, 0.717) is 12.3 Å². The van der Waals surface area contributed by atoms with Crippen LogP contribution in [0, 0.1) is 5.92 Å². The van der Waals surface area contributed by atoms with Crippen LogP contribution in [0.3, 0.4) is 0 Å². The van der Waals surface area contributed by atoms with Crippen LogP contribution in [-0.4, -0.2) is 30.6 Å². The normalized spacial score (nSPS) is 18.8. The van der Waals surface area contributed by atoms with Crippen LogP contribution in [0.4, 0.5) is 0 Å². The fourth-order valence-electron chi connectivity index (χ4n) is 2.29. The molecule has 0 bridgehead atoms. The minimum atomic E-state index is 0.0200. The van der Waals surface area contributed by atoms with Gasteiger partial charge < -0.3 is 15.7 Å². The van der Waals surface area contributed by atoms with Gasteiger partial charge in [-0.2, -0.15) is 0 Å². The van der Waals surface area contributed by atoms with Crippen LogP contribution in [0.5, 0.6) is 5.75 Å². The van der Waals surface area contributed by atoms with Crippen molar-refractivity contribution in [2.24, 2.45) is 5.92 Å². The molecule has 1 atom stereocenters. The quantitative estimate of drug-likeness (QED) is 0.730. The molecule has 18 heavy (non-hydrogen) atoms. The van der Waals surface area contributed by atoms with Gasteiger partial charge in [0.2, 0.25) is 5.91 Å². The Morgan fingerprint density at radius 3 is 3.11 bits per heavy atom. The molecule has 2 rings (SSSR count). The molecule has 1 saturated heterocycles. The predicted octanol–water partition coefficient (Wildman–Crippen LogP) is 1.05. The summed E-state index contributed by atoms with van der Waals surface area (Å²) in [4.78, 5) is 11.7. The van der Waals surface area contributed by atoms with E-state index in [-0.39, 0.29) is 11.7 Å². The Labute approximate surface area is 107 Å². The maximum absolute atomic E-state index is 11.7. The van der Waals surface area contributed by atoms with Gasteiger partial charge in [-0.05, 0) is 49.5 Å². The maximum Gasteiger partial charge on any atom is 0.224 e. The summed E-state index contributed by atoms with van der Waals surface area (Å²) < 4.78 is 0. The van der Waals surface area contributed by atoms with Crippen LogP contribution in [0.2, 0.25) is 0 Å². The molecule has 1 aliphatic heterocycles. The highest BCUT2D eigenvalue weighted by molar-refractivity contribution is 5.78. The van der Waals surface area contributed by atoms with Gasteiger partial charge in [0.05, 0.1) is 6.42 Å². The van der Waals surface area contributed by atoms with Crippen molar-refractivity contribution in [2.75, 3.05) is 19.6 Å². The molecule has 1 aromatic carbocycles. The Morgan fingerprint density at radius 2 is 2.39 bits per heavy atom. The molecule has 0 radical (unpaired) electrons. The molecule has 1 aliphatic rings. The monoisotopic (exact) mass is 248 g/mol. The van der Waals surface area contributed by atoms with Gasteiger partial charge >= 0.3 is 0 Å². The van der Waals surface area contributed by atoms with Crippen LogP contribution in [0.15, 0.2) is 24.3 Å². The van der Waals surface area contributed by atoms with Gasteiger partial charge in [-0.25, -0.2) is 0 Å². The summed E-state index contributed by atoms with van der Waals surface area (Å²) in [5, 5.41) is 15.6. The van der Waals surface area contributed by atoms with Crippen LogP contribution < -0.4 is 10.6 Å². The highest BCUT2D eigenvalue weighted by atomic mass is 16.3. The number of aromatic hydroxyl groups is 1. The summed E-state index contributed by atoms with van der Waals surface area (Å²) in [7, 11) is 0. The molecule has 1 aromatic rings. The van der Waals surface area contributed by atoms with E-state index < -0.39 is 0 Å². The Hall–Kier alpha value is -1.55. The molecular weight excluding hydrogens is 228 g/mol. The second kappa shape index (κ2) is 6.40. The van der Waals surface area contributed by atoms with Crippen LogP contribution in [-0.2, 0) is 11.2 Å². The van der Waals surface area contributed by atoms with Crippen LogP contribution >= 0.6 is 0 Å². The van der Waals surface area contributed by atoms with Crippen molar-refractivity contribution in [3.8, 4) is 5.75 Å². The summed E-state index contributed by atoms with van der Waals surface area (Å²) in [5.74, 6) is 0.926. The molecule has 4 nitrogen and oxygen atoms in total. The Balaban J connectivity index is 1.68. The van der Waals surface area contributed by atoms with E-state index in [9.17, 15) is 9.90 Å². The number of phenolic OH excluding ortho intramolecular Hbond substituents is 1. The van der Waals surface area contributed by atoms with Crippen molar-refractivity contribution < 1.29 is 9.90 Å². The third kappa shape index (κ3) is 4.04. The molecule has 1 heterocycles. The molecule has 1 fully saturated rings. The maximum atomic E-state index is 11.7. The Bertz CT molecular complexity index is 401. The first-order valence-electron chi connectivity index (χ1n) is 6.49. The van der Waals surface area contributed by atoms with Crippen molar-refractivity contribution >= 4 is 5.91 Å². The van der Waals surface area contributed by atoms with E-state index >= 15 is 0 Å². The summed E-state index contributed by atoms with van der Waals surface area (Å²) in [6.07, 6.45) is 2.58. The van der Waals surface area contributed by atoms with Crippen molar-refractivity contribution in [3.05, 3.63) is 29.8 Å². The third-order valence-corrected chi connectivity index (χ3v) is 3.31. The van der Waals surface area contributed by atoms with Gasteiger partial charge in [-0.1, -0.05) is 12.1 Å². The number of hydrogen-bond acceptors (Lipinski definition) is 3. The molecule has 0 aliphatic carbocycles. The van der Waals surface area contributed by atoms with E-state index in [0.717, 1.165) is 31.6 Å². The number of nitrogens with one attached hydrogen (secondary N) is 2. The zero-order chi connectivity index (χ0) is 12.8. The number of carbonyl (C=O) groups is 1. The van der Waals surface area contributed by atoms with Gasteiger partial charge in [-0.15, -0.1) is 0 Å². The lowest BCUT2D eigenvalue weighted by molar-refractivity contribution is -0.120. The zero-order valence-corrected chi connectivity index (χ0v) is 10.5. The number of benzene rings is 1. The summed E-state index contributed by atoms with van der Waals surface area (Å²) in [6, 6.07) is 6.83. The fourth-order valence-corrected chi connectivity index (χ4v) is 2.29. The minimum Gasteiger partial charge on any atom is -0.508 e. The van der Waals surface area contributed by atoms with Gasteiger partial charge in [0.1, 0.15) is 5.75 Å². The largest absolute Gasteiger partial charge is 0.508 e. The minimum absolute atomic E-state index is 0.0200. The van der Waals surface area contributed by atoms with Crippen molar-refractivity contribution in [1.29, 1.82) is 0 Å². The molecule has 3 N–H and O–H groups in total. The van der Waals surface area contributed by atoms with E-state index in [1.54, 1.807) is 18.2 Å². The lowest BCUT2D eigenvalue weighted by atomic mass is 10.1. The van der Waals surface area contributed by atoms with Crippen molar-refractivity contribution in [3.63, 3.8) is 0 Å². The molecule has 98 valence electrons. The molecule has 1 amide bonds. The first kappa shape index (κ1) is 12.9. The second-order valence-corrected chi connectivity index (χ2v) is 4.84.